The van der Waals surface area contributed by atoms with E-state index in [2.05, 4.69) is 31.8 Å². The van der Waals surface area contributed by atoms with Crippen molar-refractivity contribution in [2.24, 2.45) is 11.7 Å². The SMILES string of the molecule is CCCCOc1nc(N)c2[nH]c(=O)n(Cc3ccc(CN4CCC(CN)CC4)nc3)c2n1. The highest BCUT2D eigenvalue weighted by atomic mass is 16.5. The van der Waals surface area contributed by atoms with E-state index in [4.69, 9.17) is 16.2 Å². The van der Waals surface area contributed by atoms with Crippen LogP contribution in [0.25, 0.3) is 11.2 Å². The number of nitrogen functional groups attached to an aromatic ring is 1. The lowest BCUT2D eigenvalue weighted by Crippen LogP contribution is -2.35. The first-order valence-corrected chi connectivity index (χ1v) is 11.3. The number of pyridine rings is 1. The minimum atomic E-state index is -0.293. The Bertz CT molecular complexity index is 1080. The monoisotopic (exact) mass is 440 g/mol. The summed E-state index contributed by atoms with van der Waals surface area (Å²) in [6.07, 6.45) is 6.00. The van der Waals surface area contributed by atoms with Crippen LogP contribution in [0.15, 0.2) is 23.1 Å². The Morgan fingerprint density at radius 3 is 2.72 bits per heavy atom. The maximum absolute atomic E-state index is 12.6. The molecule has 0 spiro atoms. The number of imidazole rings is 1. The third-order valence-corrected chi connectivity index (χ3v) is 6.01. The molecular weight excluding hydrogens is 408 g/mol. The molecule has 0 bridgehead atoms. The topological polar surface area (TPSA) is 141 Å². The molecule has 10 nitrogen and oxygen atoms in total. The number of unbranched alkanes of at least 4 members (excludes halogenated alkanes) is 1. The van der Waals surface area contributed by atoms with E-state index in [1.165, 1.54) is 4.57 Å². The standard InChI is InChI=1S/C22H32N8O2/c1-2-3-10-32-21-27-19(24)18-20(28-21)30(22(31)26-18)13-16-4-5-17(25-12-16)14-29-8-6-15(11-23)7-9-29/h4-5,12,15H,2-3,6-11,13-14,23H2,1H3,(H,26,31)(H2,24,27,28). The first kappa shape index (κ1) is 22.2. The molecule has 1 fully saturated rings. The van der Waals surface area contributed by atoms with Crippen LogP contribution in [0.1, 0.15) is 43.9 Å². The van der Waals surface area contributed by atoms with E-state index in [1.54, 1.807) is 0 Å². The first-order chi connectivity index (χ1) is 15.6. The Morgan fingerprint density at radius 1 is 1.22 bits per heavy atom. The molecule has 0 aromatic carbocycles. The van der Waals surface area contributed by atoms with Crippen molar-refractivity contribution in [3.63, 3.8) is 0 Å². The highest BCUT2D eigenvalue weighted by Gasteiger charge is 2.19. The Morgan fingerprint density at radius 2 is 2.03 bits per heavy atom. The molecule has 0 amide bonds. The molecule has 5 N–H and O–H groups in total. The van der Waals surface area contributed by atoms with Gasteiger partial charge in [0.1, 0.15) is 5.52 Å². The zero-order chi connectivity index (χ0) is 22.5. The minimum absolute atomic E-state index is 0.183. The highest BCUT2D eigenvalue weighted by Crippen LogP contribution is 2.20. The van der Waals surface area contributed by atoms with Crippen LogP contribution in [0.5, 0.6) is 6.01 Å². The molecular formula is C22H32N8O2. The fourth-order valence-electron chi connectivity index (χ4n) is 3.98. The predicted octanol–water partition coefficient (Wildman–Crippen LogP) is 1.49. The molecule has 0 radical (unpaired) electrons. The van der Waals surface area contributed by atoms with Crippen molar-refractivity contribution < 1.29 is 4.74 Å². The number of anilines is 1. The molecule has 4 rings (SSSR count). The molecule has 0 saturated carbocycles. The van der Waals surface area contributed by atoms with Crippen LogP contribution in [0, 0.1) is 5.92 Å². The van der Waals surface area contributed by atoms with Gasteiger partial charge in [0.05, 0.1) is 18.8 Å². The van der Waals surface area contributed by atoms with E-state index >= 15 is 0 Å². The summed E-state index contributed by atoms with van der Waals surface area (Å²) in [7, 11) is 0. The molecule has 3 aromatic heterocycles. The van der Waals surface area contributed by atoms with Crippen LogP contribution in [0.4, 0.5) is 5.82 Å². The summed E-state index contributed by atoms with van der Waals surface area (Å²) >= 11 is 0. The van der Waals surface area contributed by atoms with Gasteiger partial charge >= 0.3 is 11.7 Å². The molecule has 0 atom stereocenters. The molecule has 4 heterocycles. The second-order valence-electron chi connectivity index (χ2n) is 8.42. The molecule has 1 aliphatic rings. The van der Waals surface area contributed by atoms with Gasteiger partial charge in [-0.1, -0.05) is 19.4 Å². The first-order valence-electron chi connectivity index (χ1n) is 11.3. The Hall–Kier alpha value is -2.98. The average Bonchev–Trinajstić information content (AvgIpc) is 3.11. The Balaban J connectivity index is 1.47. The van der Waals surface area contributed by atoms with Gasteiger partial charge in [-0.2, -0.15) is 9.97 Å². The maximum atomic E-state index is 12.6. The van der Waals surface area contributed by atoms with Gasteiger partial charge in [0.25, 0.3) is 0 Å². The molecule has 1 aliphatic heterocycles. The molecule has 0 aliphatic carbocycles. The zero-order valence-electron chi connectivity index (χ0n) is 18.6. The highest BCUT2D eigenvalue weighted by molar-refractivity contribution is 5.81. The quantitative estimate of drug-likeness (QED) is 0.425. The lowest BCUT2D eigenvalue weighted by molar-refractivity contribution is 0.178. The summed E-state index contributed by atoms with van der Waals surface area (Å²) in [5.41, 5.74) is 14.3. The number of fused-ring (bicyclic) bond motifs is 1. The average molecular weight is 441 g/mol. The second-order valence-corrected chi connectivity index (χ2v) is 8.42. The summed E-state index contributed by atoms with van der Waals surface area (Å²) in [6.45, 7) is 6.63. The van der Waals surface area contributed by atoms with E-state index in [0.717, 1.165) is 63.1 Å². The van der Waals surface area contributed by atoms with Crippen molar-refractivity contribution in [3.05, 3.63) is 40.1 Å². The van der Waals surface area contributed by atoms with Gasteiger partial charge in [0.15, 0.2) is 11.5 Å². The van der Waals surface area contributed by atoms with Crippen molar-refractivity contribution >= 4 is 17.0 Å². The van der Waals surface area contributed by atoms with E-state index in [0.29, 0.717) is 30.2 Å². The molecule has 3 aromatic rings. The van der Waals surface area contributed by atoms with Crippen LogP contribution in [0.2, 0.25) is 0 Å². The predicted molar refractivity (Wildman–Crippen MR) is 123 cm³/mol. The van der Waals surface area contributed by atoms with E-state index in [-0.39, 0.29) is 17.5 Å². The second kappa shape index (κ2) is 10.1. The lowest BCUT2D eigenvalue weighted by Gasteiger charge is -2.30. The van der Waals surface area contributed by atoms with Crippen LogP contribution < -0.4 is 21.9 Å². The number of hydrogen-bond acceptors (Lipinski definition) is 8. The minimum Gasteiger partial charge on any atom is -0.463 e. The van der Waals surface area contributed by atoms with Crippen LogP contribution in [0.3, 0.4) is 0 Å². The third kappa shape index (κ3) is 5.08. The summed E-state index contributed by atoms with van der Waals surface area (Å²) in [5, 5.41) is 0. The van der Waals surface area contributed by atoms with Crippen molar-refractivity contribution in [1.82, 2.24) is 29.4 Å². The number of hydrogen-bond donors (Lipinski definition) is 3. The van der Waals surface area contributed by atoms with Gasteiger partial charge in [-0.3, -0.25) is 14.5 Å². The van der Waals surface area contributed by atoms with Crippen LogP contribution in [-0.2, 0) is 13.1 Å². The summed E-state index contributed by atoms with van der Waals surface area (Å²) in [5.74, 6) is 0.843. The molecule has 0 unspecified atom stereocenters. The normalized spacial score (nSPS) is 15.4. The van der Waals surface area contributed by atoms with Crippen molar-refractivity contribution in [1.29, 1.82) is 0 Å². The van der Waals surface area contributed by atoms with Crippen molar-refractivity contribution in [3.8, 4) is 6.01 Å². The van der Waals surface area contributed by atoms with Gasteiger partial charge < -0.3 is 21.2 Å². The number of H-pyrrole nitrogens is 1. The Labute approximate surface area is 187 Å². The van der Waals surface area contributed by atoms with E-state index in [9.17, 15) is 4.79 Å². The zero-order valence-corrected chi connectivity index (χ0v) is 18.6. The van der Waals surface area contributed by atoms with Gasteiger partial charge in [0.2, 0.25) is 0 Å². The number of likely N-dealkylation sites (tertiary alicyclic amines) is 1. The van der Waals surface area contributed by atoms with E-state index < -0.39 is 0 Å². The number of aromatic amines is 1. The fourth-order valence-corrected chi connectivity index (χ4v) is 3.98. The number of piperidine rings is 1. The van der Waals surface area contributed by atoms with Gasteiger partial charge in [-0.05, 0) is 56.4 Å². The maximum Gasteiger partial charge on any atom is 0.328 e. The fraction of sp³-hybridized carbons (Fsp3) is 0.545. The molecule has 10 heteroatoms. The Kier molecular flexibility index (Phi) is 7.01. The van der Waals surface area contributed by atoms with Gasteiger partial charge in [0, 0.05) is 12.7 Å². The number of ether oxygens (including phenoxy) is 1. The van der Waals surface area contributed by atoms with Crippen LogP contribution in [-0.4, -0.2) is 55.6 Å². The number of nitrogens with one attached hydrogen (secondary N) is 1. The van der Waals surface area contributed by atoms with Crippen molar-refractivity contribution in [2.75, 3.05) is 32.0 Å². The van der Waals surface area contributed by atoms with Crippen LogP contribution >= 0.6 is 0 Å². The largest absolute Gasteiger partial charge is 0.463 e. The molecule has 172 valence electrons. The third-order valence-electron chi connectivity index (χ3n) is 6.01. The van der Waals surface area contributed by atoms with E-state index in [1.807, 2.05) is 18.3 Å². The number of rotatable bonds is 9. The van der Waals surface area contributed by atoms with Gasteiger partial charge in [-0.25, -0.2) is 4.79 Å². The number of nitrogens with zero attached hydrogens (tertiary/aromatic N) is 5. The van der Waals surface area contributed by atoms with Gasteiger partial charge in [-0.15, -0.1) is 0 Å². The summed E-state index contributed by atoms with van der Waals surface area (Å²) in [6, 6.07) is 4.21. The summed E-state index contributed by atoms with van der Waals surface area (Å²) < 4.78 is 7.13. The molecule has 32 heavy (non-hydrogen) atoms. The summed E-state index contributed by atoms with van der Waals surface area (Å²) in [4.78, 5) is 30.9. The lowest BCUT2D eigenvalue weighted by atomic mass is 9.97. The smallest absolute Gasteiger partial charge is 0.328 e. The number of nitrogens with two attached hydrogens (primary N) is 2. The number of aromatic nitrogens is 5. The molecule has 1 saturated heterocycles. The van der Waals surface area contributed by atoms with Crippen molar-refractivity contribution in [2.45, 2.75) is 45.7 Å².